The number of nitrogens with zero attached hydrogens (tertiary/aromatic N) is 1. The average molecular weight is 307 g/mol. The number of rotatable bonds is 4. The maximum Gasteiger partial charge on any atom is 0.271 e. The van der Waals surface area contributed by atoms with Gasteiger partial charge < -0.3 is 10.4 Å². The lowest BCUT2D eigenvalue weighted by Crippen LogP contribution is -2.07. The van der Waals surface area contributed by atoms with Crippen LogP contribution < -0.4 is 5.32 Å². The summed E-state index contributed by atoms with van der Waals surface area (Å²) in [4.78, 5) is 10.2. The Hall–Kier alpha value is -2.27. The molecule has 0 aliphatic heterocycles. The molecule has 1 unspecified atom stereocenters. The Morgan fingerprint density at radius 2 is 2.00 bits per heavy atom. The minimum Gasteiger partial charge on any atom is -0.508 e. The van der Waals surface area contributed by atoms with Gasteiger partial charge in [-0.05, 0) is 26.0 Å². The number of benzene rings is 2. The number of hydrogen-bond acceptors (Lipinski definition) is 4. The molecule has 2 N–H and O–H groups in total. The van der Waals surface area contributed by atoms with E-state index in [1.165, 1.54) is 12.1 Å². The lowest BCUT2D eigenvalue weighted by atomic mass is 10.0. The molecule has 2 aromatic carbocycles. The predicted molar refractivity (Wildman–Crippen MR) is 83.0 cm³/mol. The van der Waals surface area contributed by atoms with E-state index in [1.54, 1.807) is 12.1 Å². The van der Waals surface area contributed by atoms with Crippen molar-refractivity contribution in [2.24, 2.45) is 0 Å². The van der Waals surface area contributed by atoms with Crippen molar-refractivity contribution in [1.29, 1.82) is 0 Å². The maximum atomic E-state index is 10.7. The van der Waals surface area contributed by atoms with Crippen LogP contribution in [0.4, 0.5) is 11.4 Å². The van der Waals surface area contributed by atoms with Crippen LogP contribution >= 0.6 is 11.6 Å². The van der Waals surface area contributed by atoms with Crippen LogP contribution in [0.15, 0.2) is 36.4 Å². The van der Waals surface area contributed by atoms with Crippen LogP contribution in [0.3, 0.4) is 0 Å². The zero-order valence-corrected chi connectivity index (χ0v) is 12.4. The van der Waals surface area contributed by atoms with Crippen molar-refractivity contribution in [3.63, 3.8) is 0 Å². The van der Waals surface area contributed by atoms with Crippen LogP contribution in [0.2, 0.25) is 5.02 Å². The third kappa shape index (κ3) is 3.44. The first-order chi connectivity index (χ1) is 9.88. The summed E-state index contributed by atoms with van der Waals surface area (Å²) in [5.74, 6) is 0.193. The van der Waals surface area contributed by atoms with Crippen molar-refractivity contribution in [3.8, 4) is 5.75 Å². The summed E-state index contributed by atoms with van der Waals surface area (Å²) in [7, 11) is 0. The second-order valence-corrected chi connectivity index (χ2v) is 5.26. The molecule has 1 atom stereocenters. The number of non-ortho nitro benzene ring substituents is 1. The highest BCUT2D eigenvalue weighted by atomic mass is 35.5. The molecule has 2 aromatic rings. The van der Waals surface area contributed by atoms with Gasteiger partial charge in [-0.15, -0.1) is 0 Å². The van der Waals surface area contributed by atoms with Gasteiger partial charge in [0.2, 0.25) is 0 Å². The Morgan fingerprint density at radius 3 is 2.62 bits per heavy atom. The van der Waals surface area contributed by atoms with Crippen molar-refractivity contribution in [2.75, 3.05) is 5.32 Å². The van der Waals surface area contributed by atoms with Gasteiger partial charge in [-0.25, -0.2) is 0 Å². The second-order valence-electron chi connectivity index (χ2n) is 4.85. The average Bonchev–Trinajstić information content (AvgIpc) is 2.43. The summed E-state index contributed by atoms with van der Waals surface area (Å²) >= 11 is 6.05. The predicted octanol–water partition coefficient (Wildman–Crippen LogP) is 4.44. The Bertz CT molecular complexity index is 689. The van der Waals surface area contributed by atoms with E-state index in [4.69, 9.17) is 11.6 Å². The first kappa shape index (κ1) is 15.1. The van der Waals surface area contributed by atoms with Crippen molar-refractivity contribution >= 4 is 23.0 Å². The molecule has 0 heterocycles. The Morgan fingerprint density at radius 1 is 1.29 bits per heavy atom. The number of phenols is 1. The smallest absolute Gasteiger partial charge is 0.271 e. The van der Waals surface area contributed by atoms with Gasteiger partial charge in [0.05, 0.1) is 21.7 Å². The molecular weight excluding hydrogens is 292 g/mol. The highest BCUT2D eigenvalue weighted by Crippen LogP contribution is 2.32. The van der Waals surface area contributed by atoms with Crippen molar-refractivity contribution in [1.82, 2.24) is 0 Å². The summed E-state index contributed by atoms with van der Waals surface area (Å²) in [5.41, 5.74) is 2.29. The molecule has 0 bridgehead atoms. The fourth-order valence-electron chi connectivity index (χ4n) is 2.07. The van der Waals surface area contributed by atoms with Gasteiger partial charge in [0.15, 0.2) is 0 Å². The Kier molecular flexibility index (Phi) is 4.33. The topological polar surface area (TPSA) is 75.4 Å². The number of anilines is 1. The number of phenolic OH excluding ortho intramolecular Hbond substituents is 1. The number of aryl methyl sites for hydroxylation is 1. The molecule has 0 aliphatic carbocycles. The lowest BCUT2D eigenvalue weighted by molar-refractivity contribution is -0.384. The Balaban J connectivity index is 2.25. The molecule has 0 radical (unpaired) electrons. The van der Waals surface area contributed by atoms with E-state index in [2.05, 4.69) is 5.32 Å². The van der Waals surface area contributed by atoms with Crippen LogP contribution in [0, 0.1) is 17.0 Å². The van der Waals surface area contributed by atoms with Crippen LogP contribution in [-0.4, -0.2) is 10.0 Å². The van der Waals surface area contributed by atoms with E-state index < -0.39 is 4.92 Å². The summed E-state index contributed by atoms with van der Waals surface area (Å²) in [5, 5.41) is 24.0. The number of halogens is 1. The number of hydrogen-bond donors (Lipinski definition) is 2. The van der Waals surface area contributed by atoms with E-state index in [0.29, 0.717) is 5.69 Å². The van der Waals surface area contributed by atoms with Gasteiger partial charge in [0.25, 0.3) is 5.69 Å². The molecule has 110 valence electrons. The minimum atomic E-state index is -0.495. The maximum absolute atomic E-state index is 10.7. The Labute approximate surface area is 127 Å². The third-order valence-corrected chi connectivity index (χ3v) is 3.50. The first-order valence-corrected chi connectivity index (χ1v) is 6.76. The van der Waals surface area contributed by atoms with Crippen molar-refractivity contribution < 1.29 is 10.0 Å². The molecule has 0 spiro atoms. The molecule has 0 fully saturated rings. The summed E-state index contributed by atoms with van der Waals surface area (Å²) in [6.45, 7) is 3.82. The number of nitro groups is 1. The highest BCUT2D eigenvalue weighted by Gasteiger charge is 2.14. The normalized spacial score (nSPS) is 12.0. The molecule has 6 heteroatoms. The van der Waals surface area contributed by atoms with Gasteiger partial charge in [0.1, 0.15) is 5.75 Å². The molecule has 5 nitrogen and oxygen atoms in total. The standard InChI is InChI=1S/C15H15ClN2O3/c1-9-3-6-15(19)12(7-9)10(2)17-14-5-4-11(18(20)21)8-13(14)16/h3-8,10,17,19H,1-2H3. The van der Waals surface area contributed by atoms with Gasteiger partial charge in [0, 0.05) is 17.7 Å². The van der Waals surface area contributed by atoms with Gasteiger partial charge in [-0.2, -0.15) is 0 Å². The quantitative estimate of drug-likeness (QED) is 0.647. The van der Waals surface area contributed by atoms with E-state index >= 15 is 0 Å². The minimum absolute atomic E-state index is 0.0587. The van der Waals surface area contributed by atoms with Crippen molar-refractivity contribution in [2.45, 2.75) is 19.9 Å². The first-order valence-electron chi connectivity index (χ1n) is 6.38. The van der Waals surface area contributed by atoms with Crippen LogP contribution in [0.5, 0.6) is 5.75 Å². The monoisotopic (exact) mass is 306 g/mol. The summed E-state index contributed by atoms with van der Waals surface area (Å²) in [6, 6.07) is 9.40. The molecule has 0 amide bonds. The van der Waals surface area contributed by atoms with E-state index in [9.17, 15) is 15.2 Å². The highest BCUT2D eigenvalue weighted by molar-refractivity contribution is 6.33. The fourth-order valence-corrected chi connectivity index (χ4v) is 2.30. The summed E-state index contributed by atoms with van der Waals surface area (Å²) in [6.07, 6.45) is 0. The molecule has 0 saturated heterocycles. The SMILES string of the molecule is Cc1ccc(O)c(C(C)Nc2ccc([N+](=O)[O-])cc2Cl)c1. The molecule has 21 heavy (non-hydrogen) atoms. The van der Waals surface area contributed by atoms with E-state index in [1.807, 2.05) is 26.0 Å². The zero-order valence-electron chi connectivity index (χ0n) is 11.6. The lowest BCUT2D eigenvalue weighted by Gasteiger charge is -2.18. The number of nitrogens with one attached hydrogen (secondary N) is 1. The largest absolute Gasteiger partial charge is 0.508 e. The van der Waals surface area contributed by atoms with Gasteiger partial charge in [-0.1, -0.05) is 29.3 Å². The zero-order chi connectivity index (χ0) is 15.6. The van der Waals surface area contributed by atoms with Crippen LogP contribution in [-0.2, 0) is 0 Å². The second kappa shape index (κ2) is 6.01. The van der Waals surface area contributed by atoms with E-state index in [-0.39, 0.29) is 22.5 Å². The molecule has 0 saturated carbocycles. The molecule has 0 aliphatic rings. The third-order valence-electron chi connectivity index (χ3n) is 3.19. The molecule has 2 rings (SSSR count). The van der Waals surface area contributed by atoms with Crippen LogP contribution in [0.25, 0.3) is 0 Å². The number of nitro benzene ring substituents is 1. The van der Waals surface area contributed by atoms with Gasteiger partial charge >= 0.3 is 0 Å². The fraction of sp³-hybridized carbons (Fsp3) is 0.200. The van der Waals surface area contributed by atoms with E-state index in [0.717, 1.165) is 11.1 Å². The molecule has 0 aromatic heterocycles. The van der Waals surface area contributed by atoms with Crippen molar-refractivity contribution in [3.05, 3.63) is 62.7 Å². The van der Waals surface area contributed by atoms with Gasteiger partial charge in [-0.3, -0.25) is 10.1 Å². The summed E-state index contributed by atoms with van der Waals surface area (Å²) < 4.78 is 0. The number of aromatic hydroxyl groups is 1. The molecular formula is C15H15ClN2O3. The van der Waals surface area contributed by atoms with Crippen LogP contribution in [0.1, 0.15) is 24.1 Å².